The maximum Gasteiger partial charge on any atom is 0.261 e. The summed E-state index contributed by atoms with van der Waals surface area (Å²) in [6.45, 7) is 6.01. The molecular formula is C17H21ClN4O2. The third-order valence-electron chi connectivity index (χ3n) is 4.73. The molecule has 4 rings (SSSR count). The molecule has 1 saturated heterocycles. The van der Waals surface area contributed by atoms with Crippen molar-refractivity contribution in [3.05, 3.63) is 22.5 Å². The SMILES string of the molecule is CC1(C)Cc2c(N)c(Cl)cc(-c3nc(C4CCNCC4)no3)c2O1. The lowest BCUT2D eigenvalue weighted by Crippen LogP contribution is -2.27. The normalized spacial score (nSPS) is 20.0. The molecule has 0 radical (unpaired) electrons. The minimum absolute atomic E-state index is 0.326. The van der Waals surface area contributed by atoms with Gasteiger partial charge < -0.3 is 20.3 Å². The number of aromatic nitrogens is 2. The van der Waals surface area contributed by atoms with Crippen LogP contribution in [-0.2, 0) is 6.42 Å². The summed E-state index contributed by atoms with van der Waals surface area (Å²) in [4.78, 5) is 4.62. The molecule has 128 valence electrons. The molecule has 1 fully saturated rings. The molecule has 0 spiro atoms. The molecule has 0 amide bonds. The molecule has 0 aliphatic carbocycles. The third-order valence-corrected chi connectivity index (χ3v) is 5.04. The summed E-state index contributed by atoms with van der Waals surface area (Å²) in [5, 5.41) is 8.02. The van der Waals surface area contributed by atoms with E-state index in [4.69, 9.17) is 26.6 Å². The second-order valence-corrected chi connectivity index (χ2v) is 7.56. The maximum absolute atomic E-state index is 6.32. The standard InChI is InChI=1S/C17H21ClN4O2/c1-17(2)8-11-13(19)12(18)7-10(14(11)23-17)16-21-15(22-24-16)9-3-5-20-6-4-9/h7,9,20H,3-6,8,19H2,1-2H3. The minimum atomic E-state index is -0.326. The maximum atomic E-state index is 6.32. The van der Waals surface area contributed by atoms with Crippen molar-refractivity contribution in [2.24, 2.45) is 0 Å². The van der Waals surface area contributed by atoms with Crippen LogP contribution in [0.3, 0.4) is 0 Å². The van der Waals surface area contributed by atoms with Crippen molar-refractivity contribution in [3.8, 4) is 17.2 Å². The summed E-state index contributed by atoms with van der Waals surface area (Å²) in [5.74, 6) is 2.24. The molecular weight excluding hydrogens is 328 g/mol. The lowest BCUT2D eigenvalue weighted by Gasteiger charge is -2.19. The van der Waals surface area contributed by atoms with E-state index in [1.165, 1.54) is 0 Å². The molecule has 2 aliphatic heterocycles. The first kappa shape index (κ1) is 15.7. The van der Waals surface area contributed by atoms with Gasteiger partial charge in [0.05, 0.1) is 16.3 Å². The summed E-state index contributed by atoms with van der Waals surface area (Å²) in [6, 6.07) is 1.76. The van der Waals surface area contributed by atoms with Crippen LogP contribution in [-0.4, -0.2) is 28.8 Å². The van der Waals surface area contributed by atoms with Crippen LogP contribution in [0.15, 0.2) is 10.6 Å². The van der Waals surface area contributed by atoms with E-state index in [-0.39, 0.29) is 5.60 Å². The van der Waals surface area contributed by atoms with Gasteiger partial charge in [0.1, 0.15) is 11.4 Å². The number of ether oxygens (including phenoxy) is 1. The van der Waals surface area contributed by atoms with Gasteiger partial charge in [-0.15, -0.1) is 0 Å². The fraction of sp³-hybridized carbons (Fsp3) is 0.529. The van der Waals surface area contributed by atoms with Gasteiger partial charge in [-0.1, -0.05) is 16.8 Å². The summed E-state index contributed by atoms with van der Waals surface area (Å²) in [5.41, 5.74) is 8.03. The van der Waals surface area contributed by atoms with Crippen molar-refractivity contribution in [2.45, 2.75) is 44.6 Å². The van der Waals surface area contributed by atoms with Gasteiger partial charge in [0.2, 0.25) is 0 Å². The number of anilines is 1. The fourth-order valence-corrected chi connectivity index (χ4v) is 3.70. The number of nitrogen functional groups attached to an aromatic ring is 1. The topological polar surface area (TPSA) is 86.2 Å². The van der Waals surface area contributed by atoms with Crippen LogP contribution in [0.5, 0.6) is 5.75 Å². The first-order valence-electron chi connectivity index (χ1n) is 8.29. The van der Waals surface area contributed by atoms with Crippen LogP contribution < -0.4 is 15.8 Å². The number of fused-ring (bicyclic) bond motifs is 1. The van der Waals surface area contributed by atoms with Crippen LogP contribution in [0.1, 0.15) is 44.0 Å². The van der Waals surface area contributed by atoms with E-state index in [1.54, 1.807) is 6.07 Å². The molecule has 2 aromatic rings. The van der Waals surface area contributed by atoms with E-state index in [0.717, 1.165) is 42.9 Å². The van der Waals surface area contributed by atoms with Gasteiger partial charge in [0.15, 0.2) is 5.82 Å². The number of benzene rings is 1. The van der Waals surface area contributed by atoms with Crippen LogP contribution >= 0.6 is 11.6 Å². The average molecular weight is 349 g/mol. The lowest BCUT2D eigenvalue weighted by molar-refractivity contribution is 0.139. The molecule has 24 heavy (non-hydrogen) atoms. The van der Waals surface area contributed by atoms with Gasteiger partial charge in [-0.05, 0) is 45.8 Å². The fourth-order valence-electron chi connectivity index (χ4n) is 3.48. The third kappa shape index (κ3) is 2.63. The second-order valence-electron chi connectivity index (χ2n) is 7.15. The Balaban J connectivity index is 1.74. The van der Waals surface area contributed by atoms with Crippen molar-refractivity contribution < 1.29 is 9.26 Å². The lowest BCUT2D eigenvalue weighted by atomic mass is 9.97. The van der Waals surface area contributed by atoms with Gasteiger partial charge in [0.25, 0.3) is 5.89 Å². The van der Waals surface area contributed by atoms with Crippen molar-refractivity contribution in [3.63, 3.8) is 0 Å². The summed E-state index contributed by atoms with van der Waals surface area (Å²) >= 11 is 6.32. The van der Waals surface area contributed by atoms with Crippen LogP contribution in [0.2, 0.25) is 5.02 Å². The van der Waals surface area contributed by atoms with Crippen molar-refractivity contribution in [1.29, 1.82) is 0 Å². The van der Waals surface area contributed by atoms with Gasteiger partial charge in [-0.2, -0.15) is 4.98 Å². The first-order chi connectivity index (χ1) is 11.4. The molecule has 2 aliphatic rings. The molecule has 3 N–H and O–H groups in total. The molecule has 0 saturated carbocycles. The number of rotatable bonds is 2. The van der Waals surface area contributed by atoms with E-state index in [9.17, 15) is 0 Å². The van der Waals surface area contributed by atoms with E-state index >= 15 is 0 Å². The number of hydrogen-bond acceptors (Lipinski definition) is 6. The first-order valence-corrected chi connectivity index (χ1v) is 8.67. The number of nitrogens with zero attached hydrogens (tertiary/aromatic N) is 2. The Kier molecular flexibility index (Phi) is 3.69. The molecule has 3 heterocycles. The Morgan fingerprint density at radius 1 is 1.33 bits per heavy atom. The largest absolute Gasteiger partial charge is 0.486 e. The summed E-state index contributed by atoms with van der Waals surface area (Å²) < 4.78 is 11.6. The predicted molar refractivity (Wildman–Crippen MR) is 92.4 cm³/mol. The minimum Gasteiger partial charge on any atom is -0.486 e. The highest BCUT2D eigenvalue weighted by Crippen LogP contribution is 2.47. The predicted octanol–water partition coefficient (Wildman–Crippen LogP) is 3.15. The number of piperidine rings is 1. The van der Waals surface area contributed by atoms with E-state index < -0.39 is 0 Å². The molecule has 0 atom stereocenters. The zero-order valence-electron chi connectivity index (χ0n) is 13.9. The van der Waals surface area contributed by atoms with E-state index in [2.05, 4.69) is 15.5 Å². The molecule has 6 nitrogen and oxygen atoms in total. The van der Waals surface area contributed by atoms with Crippen molar-refractivity contribution >= 4 is 17.3 Å². The highest BCUT2D eigenvalue weighted by molar-refractivity contribution is 6.33. The van der Waals surface area contributed by atoms with Crippen LogP contribution in [0.25, 0.3) is 11.5 Å². The summed E-state index contributed by atoms with van der Waals surface area (Å²) in [6.07, 6.45) is 2.74. The molecule has 1 aromatic heterocycles. The Labute approximate surface area is 145 Å². The molecule has 0 bridgehead atoms. The van der Waals surface area contributed by atoms with E-state index in [0.29, 0.717) is 34.7 Å². The molecule has 1 aromatic carbocycles. The second kappa shape index (κ2) is 5.63. The number of nitrogens with two attached hydrogens (primary N) is 1. The van der Waals surface area contributed by atoms with Crippen molar-refractivity contribution in [1.82, 2.24) is 15.5 Å². The molecule has 7 heteroatoms. The highest BCUT2D eigenvalue weighted by Gasteiger charge is 2.36. The Bertz CT molecular complexity index is 781. The van der Waals surface area contributed by atoms with Crippen molar-refractivity contribution in [2.75, 3.05) is 18.8 Å². The average Bonchev–Trinajstić information content (AvgIpc) is 3.16. The Morgan fingerprint density at radius 2 is 2.08 bits per heavy atom. The number of halogens is 1. The number of nitrogens with one attached hydrogen (secondary N) is 1. The smallest absolute Gasteiger partial charge is 0.261 e. The van der Waals surface area contributed by atoms with Crippen LogP contribution in [0.4, 0.5) is 5.69 Å². The molecule has 0 unspecified atom stereocenters. The Morgan fingerprint density at radius 3 is 2.83 bits per heavy atom. The highest BCUT2D eigenvalue weighted by atomic mass is 35.5. The number of hydrogen-bond donors (Lipinski definition) is 2. The Hall–Kier alpha value is -1.79. The monoisotopic (exact) mass is 348 g/mol. The van der Waals surface area contributed by atoms with Gasteiger partial charge >= 0.3 is 0 Å². The van der Waals surface area contributed by atoms with Crippen LogP contribution in [0, 0.1) is 0 Å². The van der Waals surface area contributed by atoms with Gasteiger partial charge in [-0.25, -0.2) is 0 Å². The van der Waals surface area contributed by atoms with Gasteiger partial charge in [-0.3, -0.25) is 0 Å². The quantitative estimate of drug-likeness (QED) is 0.811. The van der Waals surface area contributed by atoms with E-state index in [1.807, 2.05) is 13.8 Å². The zero-order valence-corrected chi connectivity index (χ0v) is 14.6. The summed E-state index contributed by atoms with van der Waals surface area (Å²) in [7, 11) is 0. The van der Waals surface area contributed by atoms with Gasteiger partial charge in [0, 0.05) is 17.9 Å². The zero-order chi connectivity index (χ0) is 16.9.